The number of halogens is 2. The summed E-state index contributed by atoms with van der Waals surface area (Å²) in [4.78, 5) is 4.42. The predicted octanol–water partition coefficient (Wildman–Crippen LogP) is 2.45. The van der Waals surface area contributed by atoms with Gasteiger partial charge in [0.2, 0.25) is 0 Å². The van der Waals surface area contributed by atoms with Crippen LogP contribution in [0.15, 0.2) is 47.6 Å². The number of hydrogen-bond acceptors (Lipinski definition) is 4. The van der Waals surface area contributed by atoms with Crippen molar-refractivity contribution in [3.63, 3.8) is 0 Å². The number of nitrogens with one attached hydrogen (secondary N) is 2. The molecule has 7 nitrogen and oxygen atoms in total. The van der Waals surface area contributed by atoms with Crippen LogP contribution >= 0.6 is 24.0 Å². The third kappa shape index (κ3) is 4.81. The molecule has 0 amide bonds. The minimum atomic E-state index is -0.652. The molecule has 3 N–H and O–H groups in total. The van der Waals surface area contributed by atoms with Gasteiger partial charge in [-0.05, 0) is 36.8 Å². The van der Waals surface area contributed by atoms with Gasteiger partial charge >= 0.3 is 0 Å². The van der Waals surface area contributed by atoms with Gasteiger partial charge in [-0.25, -0.2) is 9.38 Å². The van der Waals surface area contributed by atoms with E-state index in [1.165, 1.54) is 12.1 Å². The molecule has 26 heavy (non-hydrogen) atoms. The van der Waals surface area contributed by atoms with Crippen LogP contribution in [0.5, 0.6) is 5.75 Å². The first-order chi connectivity index (χ1) is 12.2. The Morgan fingerprint density at radius 2 is 2.08 bits per heavy atom. The molecule has 3 aromatic rings. The lowest BCUT2D eigenvalue weighted by molar-refractivity contribution is 0.432. The second kappa shape index (κ2) is 9.32. The lowest BCUT2D eigenvalue weighted by Crippen LogP contribution is -2.37. The third-order valence-electron chi connectivity index (χ3n) is 3.57. The van der Waals surface area contributed by atoms with E-state index < -0.39 is 5.82 Å². The van der Waals surface area contributed by atoms with Crippen molar-refractivity contribution in [3.05, 3.63) is 59.8 Å². The maximum atomic E-state index is 13.4. The summed E-state index contributed by atoms with van der Waals surface area (Å²) in [6.45, 7) is 3.38. The molecular formula is C17H20FIN6O. The summed E-state index contributed by atoms with van der Waals surface area (Å²) in [6.07, 6.45) is 1.90. The monoisotopic (exact) mass is 470 g/mol. The van der Waals surface area contributed by atoms with Crippen molar-refractivity contribution >= 4 is 35.6 Å². The van der Waals surface area contributed by atoms with Gasteiger partial charge in [0.25, 0.3) is 0 Å². The fourth-order valence-corrected chi connectivity index (χ4v) is 2.34. The highest BCUT2D eigenvalue weighted by Gasteiger charge is 2.06. The van der Waals surface area contributed by atoms with Crippen LogP contribution in [-0.2, 0) is 13.1 Å². The average Bonchev–Trinajstić information content (AvgIpc) is 3.03. The molecule has 2 aromatic heterocycles. The first-order valence-electron chi connectivity index (χ1n) is 7.95. The number of benzene rings is 1. The lowest BCUT2D eigenvalue weighted by Gasteiger charge is -2.10. The number of aliphatic imine (C=N–C) groups is 1. The zero-order chi connectivity index (χ0) is 17.6. The molecule has 0 aliphatic heterocycles. The van der Waals surface area contributed by atoms with E-state index >= 15 is 0 Å². The highest BCUT2D eigenvalue weighted by Crippen LogP contribution is 2.16. The van der Waals surface area contributed by atoms with Crippen LogP contribution in [0.4, 0.5) is 4.39 Å². The molecule has 0 saturated heterocycles. The molecule has 1 aromatic carbocycles. The predicted molar refractivity (Wildman–Crippen MR) is 108 cm³/mol. The molecule has 138 valence electrons. The first-order valence-corrected chi connectivity index (χ1v) is 7.95. The lowest BCUT2D eigenvalue weighted by atomic mass is 10.2. The Hall–Kier alpha value is -2.43. The molecule has 0 radical (unpaired) electrons. The van der Waals surface area contributed by atoms with Crippen molar-refractivity contribution in [2.45, 2.75) is 20.0 Å². The van der Waals surface area contributed by atoms with Crippen molar-refractivity contribution in [1.82, 2.24) is 25.2 Å². The number of aromatic hydroxyl groups is 1. The number of guanidine groups is 1. The van der Waals surface area contributed by atoms with Gasteiger partial charge in [0.1, 0.15) is 0 Å². The molecule has 0 fully saturated rings. The van der Waals surface area contributed by atoms with Crippen LogP contribution in [0.3, 0.4) is 0 Å². The topological polar surface area (TPSA) is 86.8 Å². The summed E-state index contributed by atoms with van der Waals surface area (Å²) in [5, 5.41) is 23.8. The fraction of sp³-hybridized carbons (Fsp3) is 0.235. The Bertz CT molecular complexity index is 898. The van der Waals surface area contributed by atoms with Gasteiger partial charge in [-0.3, -0.25) is 4.40 Å². The van der Waals surface area contributed by atoms with Gasteiger partial charge in [0.05, 0.1) is 13.1 Å². The minimum Gasteiger partial charge on any atom is -0.505 e. The van der Waals surface area contributed by atoms with Crippen LogP contribution in [-0.4, -0.2) is 32.2 Å². The van der Waals surface area contributed by atoms with Crippen LogP contribution in [0, 0.1) is 5.82 Å². The Morgan fingerprint density at radius 1 is 1.23 bits per heavy atom. The molecule has 2 heterocycles. The van der Waals surface area contributed by atoms with Crippen molar-refractivity contribution in [2.75, 3.05) is 6.54 Å². The van der Waals surface area contributed by atoms with Gasteiger partial charge in [-0.1, -0.05) is 12.1 Å². The Balaban J connectivity index is 0.00000243. The largest absolute Gasteiger partial charge is 0.505 e. The van der Waals surface area contributed by atoms with E-state index in [9.17, 15) is 9.50 Å². The highest BCUT2D eigenvalue weighted by molar-refractivity contribution is 14.0. The normalized spacial score (nSPS) is 11.2. The zero-order valence-electron chi connectivity index (χ0n) is 14.2. The second-order valence-electron chi connectivity index (χ2n) is 5.38. The summed E-state index contributed by atoms with van der Waals surface area (Å²) >= 11 is 0. The molecule has 0 spiro atoms. The van der Waals surface area contributed by atoms with E-state index in [-0.39, 0.29) is 36.3 Å². The summed E-state index contributed by atoms with van der Waals surface area (Å²) in [5.74, 6) is 0.331. The standard InChI is InChI=1S/C17H19FN6O.HI/c1-2-19-17(20-10-12-6-7-14(25)13(18)9-12)21-11-16-23-22-15-5-3-4-8-24(15)16;/h3-9,25H,2,10-11H2,1H3,(H2,19,20,21);1H. The number of nitrogens with zero attached hydrogens (tertiary/aromatic N) is 4. The van der Waals surface area contributed by atoms with Gasteiger partial charge in [-0.15, -0.1) is 34.2 Å². The van der Waals surface area contributed by atoms with Crippen LogP contribution in [0.2, 0.25) is 0 Å². The van der Waals surface area contributed by atoms with Gasteiger partial charge < -0.3 is 15.7 Å². The fourth-order valence-electron chi connectivity index (χ4n) is 2.34. The number of pyridine rings is 1. The van der Waals surface area contributed by atoms with Crippen LogP contribution in [0.1, 0.15) is 18.3 Å². The first kappa shape index (κ1) is 19.9. The quantitative estimate of drug-likeness (QED) is 0.303. The molecule has 0 aliphatic rings. The molecule has 3 rings (SSSR count). The summed E-state index contributed by atoms with van der Waals surface area (Å²) in [6, 6.07) is 9.94. The molecule has 9 heteroatoms. The number of phenols is 1. The smallest absolute Gasteiger partial charge is 0.191 e. The Labute approximate surface area is 167 Å². The molecule has 0 bridgehead atoms. The van der Waals surface area contributed by atoms with Crippen LogP contribution < -0.4 is 10.6 Å². The maximum Gasteiger partial charge on any atom is 0.191 e. The van der Waals surface area contributed by atoms with Crippen LogP contribution in [0.25, 0.3) is 5.65 Å². The number of rotatable bonds is 5. The second-order valence-corrected chi connectivity index (χ2v) is 5.38. The SMILES string of the molecule is CCNC(=NCc1ccc(O)c(F)c1)NCc1nnc2ccccn12.I. The highest BCUT2D eigenvalue weighted by atomic mass is 127. The molecular weight excluding hydrogens is 450 g/mol. The summed E-state index contributed by atoms with van der Waals surface area (Å²) < 4.78 is 15.3. The maximum absolute atomic E-state index is 13.4. The van der Waals surface area contributed by atoms with Crippen molar-refractivity contribution in [3.8, 4) is 5.75 Å². The Morgan fingerprint density at radius 3 is 2.85 bits per heavy atom. The summed E-state index contributed by atoms with van der Waals surface area (Å²) in [7, 11) is 0. The average molecular weight is 470 g/mol. The van der Waals surface area contributed by atoms with Gasteiger partial charge in [-0.2, -0.15) is 0 Å². The molecule has 0 atom stereocenters. The van der Waals surface area contributed by atoms with Crippen molar-refractivity contribution in [2.24, 2.45) is 4.99 Å². The van der Waals surface area contributed by atoms with E-state index in [0.29, 0.717) is 24.6 Å². The van der Waals surface area contributed by atoms with Crippen molar-refractivity contribution < 1.29 is 9.50 Å². The van der Waals surface area contributed by atoms with E-state index in [0.717, 1.165) is 11.5 Å². The molecule has 0 saturated carbocycles. The zero-order valence-corrected chi connectivity index (χ0v) is 16.5. The Kier molecular flexibility index (Phi) is 7.13. The number of phenolic OH excluding ortho intramolecular Hbond substituents is 1. The molecule has 0 unspecified atom stereocenters. The summed E-state index contributed by atoms with van der Waals surface area (Å²) in [5.41, 5.74) is 1.45. The van der Waals surface area contributed by atoms with Gasteiger partial charge in [0, 0.05) is 12.7 Å². The van der Waals surface area contributed by atoms with Crippen molar-refractivity contribution in [1.29, 1.82) is 0 Å². The van der Waals surface area contributed by atoms with Gasteiger partial charge in [0.15, 0.2) is 29.0 Å². The number of fused-ring (bicyclic) bond motifs is 1. The number of aromatic nitrogens is 3. The van der Waals surface area contributed by atoms with E-state index in [1.54, 1.807) is 6.07 Å². The van der Waals surface area contributed by atoms with E-state index in [2.05, 4.69) is 25.8 Å². The third-order valence-corrected chi connectivity index (χ3v) is 3.57. The van der Waals surface area contributed by atoms with E-state index in [1.807, 2.05) is 35.7 Å². The molecule has 0 aliphatic carbocycles. The number of hydrogen-bond donors (Lipinski definition) is 3. The van der Waals surface area contributed by atoms with E-state index in [4.69, 9.17) is 0 Å². The minimum absolute atomic E-state index is 0.